The third-order valence-corrected chi connectivity index (χ3v) is 5.00. The summed E-state index contributed by atoms with van der Waals surface area (Å²) >= 11 is 1.22. The molecule has 1 aliphatic carbocycles. The van der Waals surface area contributed by atoms with E-state index in [0.717, 1.165) is 25.7 Å². The molecule has 1 aliphatic rings. The lowest BCUT2D eigenvalue weighted by molar-refractivity contribution is -0.384. The molecule has 0 radical (unpaired) electrons. The van der Waals surface area contributed by atoms with Gasteiger partial charge in [-0.1, -0.05) is 30.6 Å². The van der Waals surface area contributed by atoms with Gasteiger partial charge in [-0.25, -0.2) is 4.98 Å². The van der Waals surface area contributed by atoms with Gasteiger partial charge < -0.3 is 10.1 Å². The summed E-state index contributed by atoms with van der Waals surface area (Å²) < 4.78 is 5.80. The van der Waals surface area contributed by atoms with E-state index in [4.69, 9.17) is 4.74 Å². The largest absolute Gasteiger partial charge is 0.494 e. The zero-order valence-corrected chi connectivity index (χ0v) is 13.5. The van der Waals surface area contributed by atoms with Gasteiger partial charge in [0.1, 0.15) is 5.52 Å². The fourth-order valence-corrected chi connectivity index (χ4v) is 3.79. The van der Waals surface area contributed by atoms with Crippen LogP contribution in [0.15, 0.2) is 12.1 Å². The minimum atomic E-state index is -0.470. The first kappa shape index (κ1) is 15.7. The summed E-state index contributed by atoms with van der Waals surface area (Å²) in [6.07, 6.45) is 5.17. The van der Waals surface area contributed by atoms with Gasteiger partial charge in [0.15, 0.2) is 10.9 Å². The highest BCUT2D eigenvalue weighted by atomic mass is 32.1. The number of nitro groups is 1. The molecule has 0 saturated heterocycles. The van der Waals surface area contributed by atoms with Crippen molar-refractivity contribution in [3.05, 3.63) is 22.2 Å². The van der Waals surface area contributed by atoms with E-state index in [0.29, 0.717) is 21.1 Å². The zero-order chi connectivity index (χ0) is 16.4. The minimum absolute atomic E-state index is 0.0165. The Balaban J connectivity index is 1.87. The topological polar surface area (TPSA) is 94.4 Å². The van der Waals surface area contributed by atoms with Crippen molar-refractivity contribution in [3.63, 3.8) is 0 Å². The van der Waals surface area contributed by atoms with E-state index >= 15 is 0 Å². The lowest BCUT2D eigenvalue weighted by Gasteiger charge is -2.19. The smallest absolute Gasteiger partial charge is 0.274 e. The number of non-ortho nitro benzene ring substituents is 1. The third-order valence-electron chi connectivity index (χ3n) is 4.08. The molecule has 0 atom stereocenters. The Labute approximate surface area is 136 Å². The van der Waals surface area contributed by atoms with E-state index in [1.165, 1.54) is 37.0 Å². The molecule has 122 valence electrons. The van der Waals surface area contributed by atoms with E-state index in [9.17, 15) is 14.9 Å². The van der Waals surface area contributed by atoms with Crippen molar-refractivity contribution in [3.8, 4) is 5.75 Å². The molecule has 1 aromatic carbocycles. The van der Waals surface area contributed by atoms with Crippen LogP contribution in [0.1, 0.15) is 32.1 Å². The summed E-state index contributed by atoms with van der Waals surface area (Å²) in [5.74, 6) is 0.354. The van der Waals surface area contributed by atoms with Crippen molar-refractivity contribution >= 4 is 38.3 Å². The highest BCUT2D eigenvalue weighted by Gasteiger charge is 2.23. The molecule has 3 rings (SSSR count). The van der Waals surface area contributed by atoms with Crippen molar-refractivity contribution in [2.45, 2.75) is 32.1 Å². The number of nitrogens with one attached hydrogen (secondary N) is 1. The van der Waals surface area contributed by atoms with Crippen molar-refractivity contribution in [1.29, 1.82) is 0 Å². The van der Waals surface area contributed by atoms with Gasteiger partial charge >= 0.3 is 0 Å². The molecule has 23 heavy (non-hydrogen) atoms. The normalized spacial score (nSPS) is 15.5. The van der Waals surface area contributed by atoms with E-state index in [-0.39, 0.29) is 17.5 Å². The number of thiazole rings is 1. The quantitative estimate of drug-likeness (QED) is 0.678. The Kier molecular flexibility index (Phi) is 4.42. The number of nitro benzene ring substituents is 1. The SMILES string of the molecule is COc1cc([N+](=O)[O-])cc2sc(NC(=O)C3CCCCC3)nc12. The molecule has 0 bridgehead atoms. The molecule has 0 spiro atoms. The van der Waals surface area contributed by atoms with Gasteiger partial charge in [-0.05, 0) is 12.8 Å². The fraction of sp³-hybridized carbons (Fsp3) is 0.467. The second kappa shape index (κ2) is 6.49. The van der Waals surface area contributed by atoms with Crippen LogP contribution >= 0.6 is 11.3 Å². The van der Waals surface area contributed by atoms with Crippen molar-refractivity contribution < 1.29 is 14.5 Å². The molecule has 7 nitrogen and oxygen atoms in total. The van der Waals surface area contributed by atoms with Gasteiger partial charge in [0.2, 0.25) is 5.91 Å². The number of carbonyl (C=O) groups is 1. The van der Waals surface area contributed by atoms with Crippen LogP contribution in [0.2, 0.25) is 0 Å². The van der Waals surface area contributed by atoms with E-state index in [1.54, 1.807) is 0 Å². The fourth-order valence-electron chi connectivity index (χ4n) is 2.87. The molecule has 0 aliphatic heterocycles. The maximum Gasteiger partial charge on any atom is 0.274 e. The van der Waals surface area contributed by atoms with Crippen LogP contribution in [0.25, 0.3) is 10.2 Å². The van der Waals surface area contributed by atoms with Crippen molar-refractivity contribution in [2.24, 2.45) is 5.92 Å². The highest BCUT2D eigenvalue weighted by molar-refractivity contribution is 7.22. The first-order valence-electron chi connectivity index (χ1n) is 7.52. The molecule has 0 unspecified atom stereocenters. The van der Waals surface area contributed by atoms with Crippen LogP contribution in [-0.4, -0.2) is 22.9 Å². The average Bonchev–Trinajstić information content (AvgIpc) is 2.96. The van der Waals surface area contributed by atoms with E-state index in [2.05, 4.69) is 10.3 Å². The summed E-state index contributed by atoms with van der Waals surface area (Å²) in [4.78, 5) is 27.1. The monoisotopic (exact) mass is 335 g/mol. The molecule has 8 heteroatoms. The molecule has 1 N–H and O–H groups in total. The van der Waals surface area contributed by atoms with Crippen LogP contribution in [0, 0.1) is 16.0 Å². The Morgan fingerprint density at radius 2 is 2.13 bits per heavy atom. The van der Waals surface area contributed by atoms with Gasteiger partial charge in [-0.15, -0.1) is 0 Å². The Bertz CT molecular complexity index is 753. The van der Waals surface area contributed by atoms with Gasteiger partial charge in [0.25, 0.3) is 5.69 Å². The summed E-state index contributed by atoms with van der Waals surface area (Å²) in [7, 11) is 1.44. The van der Waals surface area contributed by atoms with Crippen LogP contribution < -0.4 is 10.1 Å². The highest BCUT2D eigenvalue weighted by Crippen LogP contribution is 2.36. The maximum absolute atomic E-state index is 12.3. The number of nitrogens with zero attached hydrogens (tertiary/aromatic N) is 2. The van der Waals surface area contributed by atoms with Crippen molar-refractivity contribution in [1.82, 2.24) is 4.98 Å². The first-order valence-corrected chi connectivity index (χ1v) is 8.34. The second-order valence-electron chi connectivity index (χ2n) is 5.60. The average molecular weight is 335 g/mol. The molecule has 1 heterocycles. The van der Waals surface area contributed by atoms with Crippen LogP contribution in [0.5, 0.6) is 5.75 Å². The predicted molar refractivity (Wildman–Crippen MR) is 88.0 cm³/mol. The summed E-state index contributed by atoms with van der Waals surface area (Å²) in [5, 5.41) is 14.3. The van der Waals surface area contributed by atoms with Crippen LogP contribution in [0.4, 0.5) is 10.8 Å². The summed E-state index contributed by atoms with van der Waals surface area (Å²) in [5.41, 5.74) is 0.477. The van der Waals surface area contributed by atoms with Gasteiger partial charge in [0.05, 0.1) is 22.8 Å². The van der Waals surface area contributed by atoms with E-state index < -0.39 is 4.92 Å². The van der Waals surface area contributed by atoms with Gasteiger partial charge in [-0.3, -0.25) is 14.9 Å². The lowest BCUT2D eigenvalue weighted by Crippen LogP contribution is -2.24. The molecule has 1 aromatic heterocycles. The summed E-state index contributed by atoms with van der Waals surface area (Å²) in [6, 6.07) is 2.79. The molecular formula is C15H17N3O4S. The number of amides is 1. The summed E-state index contributed by atoms with van der Waals surface area (Å²) in [6.45, 7) is 0. The number of rotatable bonds is 4. The zero-order valence-electron chi connectivity index (χ0n) is 12.7. The number of hydrogen-bond acceptors (Lipinski definition) is 6. The molecule has 1 amide bonds. The number of benzene rings is 1. The lowest BCUT2D eigenvalue weighted by atomic mass is 9.89. The van der Waals surface area contributed by atoms with Crippen molar-refractivity contribution in [2.75, 3.05) is 12.4 Å². The number of carbonyl (C=O) groups excluding carboxylic acids is 1. The van der Waals surface area contributed by atoms with Crippen LogP contribution in [-0.2, 0) is 4.79 Å². The molecule has 1 fully saturated rings. The molecule has 1 saturated carbocycles. The Hall–Kier alpha value is -2.22. The minimum Gasteiger partial charge on any atom is -0.494 e. The number of anilines is 1. The Morgan fingerprint density at radius 3 is 2.78 bits per heavy atom. The third kappa shape index (κ3) is 3.26. The number of ether oxygens (including phenoxy) is 1. The van der Waals surface area contributed by atoms with Crippen LogP contribution in [0.3, 0.4) is 0 Å². The second-order valence-corrected chi connectivity index (χ2v) is 6.63. The number of methoxy groups -OCH3 is 1. The predicted octanol–water partition coefficient (Wildman–Crippen LogP) is 3.73. The van der Waals surface area contributed by atoms with E-state index in [1.807, 2.05) is 0 Å². The van der Waals surface area contributed by atoms with Gasteiger partial charge in [0, 0.05) is 12.0 Å². The molecular weight excluding hydrogens is 318 g/mol. The Morgan fingerprint density at radius 1 is 1.39 bits per heavy atom. The number of hydrogen-bond donors (Lipinski definition) is 1. The maximum atomic E-state index is 12.3. The molecule has 2 aromatic rings. The number of aromatic nitrogens is 1. The number of fused-ring (bicyclic) bond motifs is 1. The first-order chi connectivity index (χ1) is 11.1. The van der Waals surface area contributed by atoms with Gasteiger partial charge in [-0.2, -0.15) is 0 Å². The standard InChI is InChI=1S/C15H17N3O4S/c1-22-11-7-10(18(20)21)8-12-13(11)16-15(23-12)17-14(19)9-5-3-2-4-6-9/h7-9H,2-6H2,1H3,(H,16,17,19).